The standard InChI is InChI=1S/C17H26N2O4/c1-12(2)9-13-11-23-8-7-19(13)17(20)18-15-10-14(21-3)5-6-16(15)22-4/h5-6,10,12-13H,7-9,11H2,1-4H3,(H,18,20). The average Bonchev–Trinajstić information content (AvgIpc) is 2.54. The SMILES string of the molecule is COc1ccc(OC)c(NC(=O)N2CCOCC2CC(C)C)c1. The van der Waals surface area contributed by atoms with Gasteiger partial charge in [-0.25, -0.2) is 4.79 Å². The molecule has 1 saturated heterocycles. The van der Waals surface area contributed by atoms with Crippen molar-refractivity contribution in [1.82, 2.24) is 4.90 Å². The number of morpholine rings is 1. The number of ether oxygens (including phenoxy) is 3. The Kier molecular flexibility index (Phi) is 6.10. The summed E-state index contributed by atoms with van der Waals surface area (Å²) < 4.78 is 16.1. The first kappa shape index (κ1) is 17.4. The fraction of sp³-hybridized carbons (Fsp3) is 0.588. The molecule has 1 aromatic rings. The predicted molar refractivity (Wildman–Crippen MR) is 89.3 cm³/mol. The number of nitrogens with one attached hydrogen (secondary N) is 1. The molecular formula is C17H26N2O4. The molecule has 0 aromatic heterocycles. The molecule has 1 aromatic carbocycles. The first-order valence-electron chi connectivity index (χ1n) is 7.92. The zero-order valence-corrected chi connectivity index (χ0v) is 14.3. The van der Waals surface area contributed by atoms with Crippen molar-refractivity contribution < 1.29 is 19.0 Å². The van der Waals surface area contributed by atoms with Crippen LogP contribution < -0.4 is 14.8 Å². The quantitative estimate of drug-likeness (QED) is 0.905. The number of nitrogens with zero attached hydrogens (tertiary/aromatic N) is 1. The highest BCUT2D eigenvalue weighted by molar-refractivity contribution is 5.91. The van der Waals surface area contributed by atoms with Crippen LogP contribution in [0, 0.1) is 5.92 Å². The lowest BCUT2D eigenvalue weighted by Gasteiger charge is -2.36. The molecule has 1 aliphatic heterocycles. The fourth-order valence-corrected chi connectivity index (χ4v) is 2.76. The maximum absolute atomic E-state index is 12.7. The summed E-state index contributed by atoms with van der Waals surface area (Å²) >= 11 is 0. The number of hydrogen-bond acceptors (Lipinski definition) is 4. The van der Waals surface area contributed by atoms with E-state index in [-0.39, 0.29) is 12.1 Å². The van der Waals surface area contributed by atoms with Gasteiger partial charge in [-0.2, -0.15) is 0 Å². The molecule has 1 aliphatic rings. The van der Waals surface area contributed by atoms with Crippen LogP contribution in [0.15, 0.2) is 18.2 Å². The number of carbonyl (C=O) groups is 1. The monoisotopic (exact) mass is 322 g/mol. The number of rotatable bonds is 5. The molecule has 1 heterocycles. The first-order chi connectivity index (χ1) is 11.0. The van der Waals surface area contributed by atoms with E-state index in [1.165, 1.54) is 0 Å². The number of carbonyl (C=O) groups excluding carboxylic acids is 1. The third-order valence-corrected chi connectivity index (χ3v) is 3.88. The number of hydrogen-bond donors (Lipinski definition) is 1. The van der Waals surface area contributed by atoms with Crippen molar-refractivity contribution in [3.05, 3.63) is 18.2 Å². The molecule has 1 N–H and O–H groups in total. The molecule has 0 saturated carbocycles. The molecule has 6 nitrogen and oxygen atoms in total. The number of urea groups is 1. The zero-order chi connectivity index (χ0) is 16.8. The maximum atomic E-state index is 12.7. The Morgan fingerprint density at radius 3 is 2.83 bits per heavy atom. The van der Waals surface area contributed by atoms with Gasteiger partial charge in [-0.05, 0) is 24.5 Å². The lowest BCUT2D eigenvalue weighted by atomic mass is 10.0. The van der Waals surface area contributed by atoms with E-state index in [9.17, 15) is 4.79 Å². The van der Waals surface area contributed by atoms with Crippen molar-refractivity contribution in [1.29, 1.82) is 0 Å². The van der Waals surface area contributed by atoms with Crippen molar-refractivity contribution in [3.8, 4) is 11.5 Å². The van der Waals surface area contributed by atoms with E-state index >= 15 is 0 Å². The molecule has 6 heteroatoms. The molecule has 0 aliphatic carbocycles. The normalized spacial score (nSPS) is 18.0. The number of amides is 2. The Labute approximate surface area is 137 Å². The molecule has 2 rings (SSSR count). The van der Waals surface area contributed by atoms with Crippen LogP contribution in [0.1, 0.15) is 20.3 Å². The second-order valence-electron chi connectivity index (χ2n) is 6.05. The van der Waals surface area contributed by atoms with Gasteiger partial charge in [-0.15, -0.1) is 0 Å². The van der Waals surface area contributed by atoms with Gasteiger partial charge in [0.2, 0.25) is 0 Å². The van der Waals surface area contributed by atoms with Gasteiger partial charge < -0.3 is 24.4 Å². The first-order valence-corrected chi connectivity index (χ1v) is 7.92. The maximum Gasteiger partial charge on any atom is 0.322 e. The minimum atomic E-state index is -0.134. The third-order valence-electron chi connectivity index (χ3n) is 3.88. The molecule has 0 radical (unpaired) electrons. The van der Waals surface area contributed by atoms with Crippen LogP contribution >= 0.6 is 0 Å². The second kappa shape index (κ2) is 8.06. The minimum absolute atomic E-state index is 0.0975. The second-order valence-corrected chi connectivity index (χ2v) is 6.05. The van der Waals surface area contributed by atoms with Crippen LogP contribution in [0.25, 0.3) is 0 Å². The van der Waals surface area contributed by atoms with Crippen molar-refractivity contribution in [2.24, 2.45) is 5.92 Å². The topological polar surface area (TPSA) is 60.0 Å². The molecule has 128 valence electrons. The summed E-state index contributed by atoms with van der Waals surface area (Å²) in [5.74, 6) is 1.78. The van der Waals surface area contributed by atoms with Crippen molar-refractivity contribution in [2.45, 2.75) is 26.3 Å². The summed E-state index contributed by atoms with van der Waals surface area (Å²) in [4.78, 5) is 14.5. The Hall–Kier alpha value is -1.95. The van der Waals surface area contributed by atoms with E-state index in [1.54, 1.807) is 32.4 Å². The lowest BCUT2D eigenvalue weighted by molar-refractivity contribution is 0.00856. The Morgan fingerprint density at radius 2 is 2.17 bits per heavy atom. The molecule has 1 fully saturated rings. The summed E-state index contributed by atoms with van der Waals surface area (Å²) in [6.45, 7) is 6.04. The largest absolute Gasteiger partial charge is 0.497 e. The molecule has 2 amide bonds. The van der Waals surface area contributed by atoms with Crippen molar-refractivity contribution in [3.63, 3.8) is 0 Å². The summed E-state index contributed by atoms with van der Waals surface area (Å²) in [6.07, 6.45) is 0.919. The van der Waals surface area contributed by atoms with E-state index < -0.39 is 0 Å². The fourth-order valence-electron chi connectivity index (χ4n) is 2.76. The van der Waals surface area contributed by atoms with Gasteiger partial charge >= 0.3 is 6.03 Å². The van der Waals surface area contributed by atoms with Crippen LogP contribution in [0.2, 0.25) is 0 Å². The van der Waals surface area contributed by atoms with E-state index in [0.717, 1.165) is 6.42 Å². The highest BCUT2D eigenvalue weighted by Crippen LogP contribution is 2.29. The summed E-state index contributed by atoms with van der Waals surface area (Å²) in [7, 11) is 3.17. The van der Waals surface area contributed by atoms with Gasteiger partial charge in [0, 0.05) is 12.6 Å². The average molecular weight is 322 g/mol. The smallest absolute Gasteiger partial charge is 0.322 e. The summed E-state index contributed by atoms with van der Waals surface area (Å²) in [5.41, 5.74) is 0.603. The van der Waals surface area contributed by atoms with Gasteiger partial charge in [-0.3, -0.25) is 0 Å². The zero-order valence-electron chi connectivity index (χ0n) is 14.3. The number of anilines is 1. The molecule has 23 heavy (non-hydrogen) atoms. The number of methoxy groups -OCH3 is 2. The van der Waals surface area contributed by atoms with Crippen LogP contribution in [0.3, 0.4) is 0 Å². The molecular weight excluding hydrogens is 296 g/mol. The highest BCUT2D eigenvalue weighted by atomic mass is 16.5. The lowest BCUT2D eigenvalue weighted by Crippen LogP contribution is -2.50. The van der Waals surface area contributed by atoms with Gasteiger partial charge in [-0.1, -0.05) is 13.8 Å². The van der Waals surface area contributed by atoms with Crippen LogP contribution in [-0.4, -0.2) is 51.0 Å². The van der Waals surface area contributed by atoms with E-state index in [1.807, 2.05) is 4.90 Å². The highest BCUT2D eigenvalue weighted by Gasteiger charge is 2.28. The molecule has 0 bridgehead atoms. The van der Waals surface area contributed by atoms with Crippen molar-refractivity contribution >= 4 is 11.7 Å². The molecule has 0 spiro atoms. The van der Waals surface area contributed by atoms with E-state index in [4.69, 9.17) is 14.2 Å². The predicted octanol–water partition coefficient (Wildman–Crippen LogP) is 2.98. The van der Waals surface area contributed by atoms with Gasteiger partial charge in [0.1, 0.15) is 11.5 Å². The van der Waals surface area contributed by atoms with E-state index in [2.05, 4.69) is 19.2 Å². The van der Waals surface area contributed by atoms with Gasteiger partial charge in [0.15, 0.2) is 0 Å². The molecule has 1 unspecified atom stereocenters. The van der Waals surface area contributed by atoms with Crippen molar-refractivity contribution in [2.75, 3.05) is 39.3 Å². The minimum Gasteiger partial charge on any atom is -0.497 e. The van der Waals surface area contributed by atoms with Gasteiger partial charge in [0.05, 0.1) is 39.2 Å². The Morgan fingerprint density at radius 1 is 1.39 bits per heavy atom. The van der Waals surface area contributed by atoms with Crippen LogP contribution in [0.4, 0.5) is 10.5 Å². The van der Waals surface area contributed by atoms with E-state index in [0.29, 0.717) is 42.9 Å². The summed E-state index contributed by atoms with van der Waals surface area (Å²) in [5, 5.41) is 2.94. The molecule has 1 atom stereocenters. The Bertz CT molecular complexity index is 533. The summed E-state index contributed by atoms with van der Waals surface area (Å²) in [6, 6.07) is 5.30. The van der Waals surface area contributed by atoms with Crippen LogP contribution in [-0.2, 0) is 4.74 Å². The number of benzene rings is 1. The van der Waals surface area contributed by atoms with Gasteiger partial charge in [0.25, 0.3) is 0 Å². The Balaban J connectivity index is 2.13. The van der Waals surface area contributed by atoms with Crippen LogP contribution in [0.5, 0.6) is 11.5 Å². The third kappa shape index (κ3) is 4.51.